The normalized spacial score (nSPS) is 20.0. The van der Waals surface area contributed by atoms with E-state index in [0.29, 0.717) is 19.0 Å². The Hall–Kier alpha value is -0.910. The minimum absolute atomic E-state index is 0.202. The van der Waals surface area contributed by atoms with Gasteiger partial charge in [-0.25, -0.2) is 0 Å². The van der Waals surface area contributed by atoms with E-state index in [1.54, 1.807) is 0 Å². The van der Waals surface area contributed by atoms with Crippen LogP contribution in [0.1, 0.15) is 30.2 Å². The lowest BCUT2D eigenvalue weighted by Crippen LogP contribution is -2.45. The van der Waals surface area contributed by atoms with Crippen LogP contribution in [0.5, 0.6) is 0 Å². The van der Waals surface area contributed by atoms with Gasteiger partial charge in [-0.15, -0.1) is 11.3 Å². The average Bonchev–Trinajstić information content (AvgIpc) is 2.90. The number of piperidine rings is 1. The Bertz CT molecular complexity index is 628. The lowest BCUT2D eigenvalue weighted by molar-refractivity contribution is 0.278. The summed E-state index contributed by atoms with van der Waals surface area (Å²) >= 11 is 1.46. The van der Waals surface area contributed by atoms with E-state index in [1.807, 2.05) is 11.4 Å². The molecule has 0 aromatic carbocycles. The fourth-order valence-corrected chi connectivity index (χ4v) is 4.53. The van der Waals surface area contributed by atoms with Crippen molar-refractivity contribution >= 4 is 21.5 Å². The van der Waals surface area contributed by atoms with E-state index in [1.165, 1.54) is 15.6 Å². The molecule has 0 amide bonds. The number of nitrogens with zero attached hydrogens (tertiary/aromatic N) is 1. The molecule has 1 aliphatic rings. The summed E-state index contributed by atoms with van der Waals surface area (Å²) in [6.45, 7) is 3.27. The number of hydrogen-bond donors (Lipinski definition) is 2. The molecule has 0 aliphatic carbocycles. The predicted octanol–water partition coefficient (Wildman–Crippen LogP) is 1.16. The van der Waals surface area contributed by atoms with E-state index < -0.39 is 10.2 Å². The monoisotopic (exact) mass is 328 g/mol. The van der Waals surface area contributed by atoms with Gasteiger partial charge in [0.05, 0.1) is 0 Å². The van der Waals surface area contributed by atoms with Gasteiger partial charge in [0, 0.05) is 30.1 Å². The molecule has 2 heterocycles. The summed E-state index contributed by atoms with van der Waals surface area (Å²) in [5.41, 5.74) is 0.767. The molecule has 0 saturated carbocycles. The molecule has 1 aliphatic heterocycles. The predicted molar refractivity (Wildman–Crippen MR) is 84.0 cm³/mol. The molecule has 116 valence electrons. The quantitative estimate of drug-likeness (QED) is 0.815. The third-order valence-corrected chi connectivity index (χ3v) is 5.86. The molecule has 1 saturated heterocycles. The summed E-state index contributed by atoms with van der Waals surface area (Å²) in [6, 6.07) is 1.83. The fraction of sp³-hybridized carbons (Fsp3) is 0.571. The van der Waals surface area contributed by atoms with Crippen LogP contribution in [0.25, 0.3) is 0 Å². The van der Waals surface area contributed by atoms with E-state index in [0.717, 1.165) is 23.3 Å². The Labute approximate surface area is 130 Å². The van der Waals surface area contributed by atoms with Crippen LogP contribution in [-0.2, 0) is 16.8 Å². The van der Waals surface area contributed by atoms with E-state index >= 15 is 0 Å². The van der Waals surface area contributed by atoms with Crippen molar-refractivity contribution in [2.75, 3.05) is 19.7 Å². The van der Waals surface area contributed by atoms with Gasteiger partial charge < -0.3 is 5.11 Å². The first-order valence-electron chi connectivity index (χ1n) is 6.94. The minimum atomic E-state index is -3.44. The summed E-state index contributed by atoms with van der Waals surface area (Å²) in [4.78, 5) is 0.865. The molecule has 7 heteroatoms. The molecular weight excluding hydrogens is 308 g/mol. The molecule has 1 aromatic heterocycles. The highest BCUT2D eigenvalue weighted by Gasteiger charge is 2.26. The SMILES string of the molecule is CC1CCCN(S(=O)(=O)NCc2sccc2C#CCO)C1. The molecule has 21 heavy (non-hydrogen) atoms. The zero-order chi connectivity index (χ0) is 15.3. The highest BCUT2D eigenvalue weighted by atomic mass is 32.2. The molecule has 2 rings (SSSR count). The van der Waals surface area contributed by atoms with Crippen molar-refractivity contribution in [1.29, 1.82) is 0 Å². The second-order valence-electron chi connectivity index (χ2n) is 5.15. The second-order valence-corrected chi connectivity index (χ2v) is 7.90. The van der Waals surface area contributed by atoms with Gasteiger partial charge in [0.25, 0.3) is 10.2 Å². The van der Waals surface area contributed by atoms with Crippen molar-refractivity contribution in [3.63, 3.8) is 0 Å². The smallest absolute Gasteiger partial charge is 0.279 e. The van der Waals surface area contributed by atoms with Gasteiger partial charge in [-0.05, 0) is 30.2 Å². The van der Waals surface area contributed by atoms with Crippen LogP contribution in [0.3, 0.4) is 0 Å². The highest BCUT2D eigenvalue weighted by Crippen LogP contribution is 2.19. The molecule has 1 fully saturated rings. The fourth-order valence-electron chi connectivity index (χ4n) is 2.34. The van der Waals surface area contributed by atoms with Crippen LogP contribution < -0.4 is 4.72 Å². The van der Waals surface area contributed by atoms with Crippen molar-refractivity contribution < 1.29 is 13.5 Å². The molecule has 1 atom stereocenters. The molecule has 1 aromatic rings. The molecular formula is C14H20N2O3S2. The number of hydrogen-bond acceptors (Lipinski definition) is 4. The number of aliphatic hydroxyl groups is 1. The van der Waals surface area contributed by atoms with E-state index in [2.05, 4.69) is 23.5 Å². The summed E-state index contributed by atoms with van der Waals surface area (Å²) in [7, 11) is -3.44. The Balaban J connectivity index is 2.00. The van der Waals surface area contributed by atoms with Gasteiger partial charge in [0.15, 0.2) is 0 Å². The van der Waals surface area contributed by atoms with Gasteiger partial charge in [-0.2, -0.15) is 17.4 Å². The van der Waals surface area contributed by atoms with Crippen LogP contribution in [0.15, 0.2) is 11.4 Å². The lowest BCUT2D eigenvalue weighted by atomic mass is 10.0. The molecule has 2 N–H and O–H groups in total. The van der Waals surface area contributed by atoms with Gasteiger partial charge in [-0.1, -0.05) is 18.8 Å². The molecule has 0 spiro atoms. The van der Waals surface area contributed by atoms with Crippen molar-refractivity contribution in [3.05, 3.63) is 21.9 Å². The largest absolute Gasteiger partial charge is 0.384 e. The van der Waals surface area contributed by atoms with Gasteiger partial charge >= 0.3 is 0 Å². The standard InChI is InChI=1S/C14H20N2O3S2/c1-12-4-2-7-16(11-12)21(18,19)15-10-14-13(5-3-8-17)6-9-20-14/h6,9,12,15,17H,2,4,7-8,10-11H2,1H3. The first kappa shape index (κ1) is 16.5. The van der Waals surface area contributed by atoms with Crippen molar-refractivity contribution in [1.82, 2.24) is 9.03 Å². The van der Waals surface area contributed by atoms with Crippen molar-refractivity contribution in [3.8, 4) is 11.8 Å². The van der Waals surface area contributed by atoms with Gasteiger partial charge in [0.2, 0.25) is 0 Å². The number of rotatable bonds is 4. The average molecular weight is 328 g/mol. The van der Waals surface area contributed by atoms with E-state index in [4.69, 9.17) is 5.11 Å². The van der Waals surface area contributed by atoms with Crippen molar-refractivity contribution in [2.45, 2.75) is 26.3 Å². The zero-order valence-corrected chi connectivity index (χ0v) is 13.6. The summed E-state index contributed by atoms with van der Waals surface area (Å²) in [5.74, 6) is 5.82. The molecule has 0 bridgehead atoms. The maximum Gasteiger partial charge on any atom is 0.279 e. The first-order chi connectivity index (χ1) is 10.0. The van der Waals surface area contributed by atoms with E-state index in [9.17, 15) is 8.42 Å². The second kappa shape index (κ2) is 7.38. The maximum atomic E-state index is 12.3. The lowest BCUT2D eigenvalue weighted by Gasteiger charge is -2.29. The van der Waals surface area contributed by atoms with Crippen LogP contribution in [0.4, 0.5) is 0 Å². The number of nitrogens with one attached hydrogen (secondary N) is 1. The third-order valence-electron chi connectivity index (χ3n) is 3.42. The Kier molecular flexibility index (Phi) is 5.79. The topological polar surface area (TPSA) is 69.6 Å². The summed E-state index contributed by atoms with van der Waals surface area (Å²) in [6.07, 6.45) is 1.99. The first-order valence-corrected chi connectivity index (χ1v) is 9.25. The summed E-state index contributed by atoms with van der Waals surface area (Å²) < 4.78 is 28.8. The molecule has 5 nitrogen and oxygen atoms in total. The van der Waals surface area contributed by atoms with Crippen LogP contribution in [-0.4, -0.2) is 37.5 Å². The third kappa shape index (κ3) is 4.53. The van der Waals surface area contributed by atoms with E-state index in [-0.39, 0.29) is 13.2 Å². The molecule has 0 radical (unpaired) electrons. The Morgan fingerprint density at radius 1 is 1.57 bits per heavy atom. The summed E-state index contributed by atoms with van der Waals surface area (Å²) in [5, 5.41) is 10.6. The Morgan fingerprint density at radius 3 is 3.10 bits per heavy atom. The Morgan fingerprint density at radius 2 is 2.38 bits per heavy atom. The molecule has 1 unspecified atom stereocenters. The van der Waals surface area contributed by atoms with Gasteiger partial charge in [-0.3, -0.25) is 0 Å². The maximum absolute atomic E-state index is 12.3. The van der Waals surface area contributed by atoms with Crippen molar-refractivity contribution in [2.24, 2.45) is 5.92 Å². The zero-order valence-electron chi connectivity index (χ0n) is 12.0. The number of aliphatic hydroxyl groups excluding tert-OH is 1. The minimum Gasteiger partial charge on any atom is -0.384 e. The number of thiophene rings is 1. The highest BCUT2D eigenvalue weighted by molar-refractivity contribution is 7.87. The van der Waals surface area contributed by atoms with Crippen LogP contribution in [0, 0.1) is 17.8 Å². The van der Waals surface area contributed by atoms with Crippen LogP contribution in [0.2, 0.25) is 0 Å². The van der Waals surface area contributed by atoms with Crippen LogP contribution >= 0.6 is 11.3 Å². The van der Waals surface area contributed by atoms with Gasteiger partial charge in [0.1, 0.15) is 6.61 Å².